The van der Waals surface area contributed by atoms with Crippen molar-refractivity contribution in [2.45, 2.75) is 26.8 Å². The topological polar surface area (TPSA) is 26.0 Å². The third-order valence-electron chi connectivity index (χ3n) is 1.57. The van der Waals surface area contributed by atoms with Crippen LogP contribution in [-0.2, 0) is 0 Å². The molecule has 0 aromatic carbocycles. The highest BCUT2D eigenvalue weighted by Gasteiger charge is 2.05. The molecule has 56 valence electrons. The van der Waals surface area contributed by atoms with Gasteiger partial charge in [-0.3, -0.25) is 0 Å². The summed E-state index contributed by atoms with van der Waals surface area (Å²) in [5.74, 6) is 0. The smallest absolute Gasteiger partial charge is 0.0277 e. The van der Waals surface area contributed by atoms with Gasteiger partial charge in [0.1, 0.15) is 0 Å². The molecule has 1 nitrogen and oxygen atoms in total. The number of aryl methyl sites for hydroxylation is 2. The van der Waals surface area contributed by atoms with Gasteiger partial charge >= 0.3 is 0 Å². The second-order valence-electron chi connectivity index (χ2n) is 2.66. The minimum absolute atomic E-state index is 0.185. The summed E-state index contributed by atoms with van der Waals surface area (Å²) in [6.45, 7) is 6.26. The molecule has 10 heavy (non-hydrogen) atoms. The highest BCUT2D eigenvalue weighted by Crippen LogP contribution is 2.24. The molecule has 0 bridgehead atoms. The molecule has 0 aliphatic rings. The number of hydrogen-bond acceptors (Lipinski definition) is 2. The molecule has 0 radical (unpaired) electrons. The van der Waals surface area contributed by atoms with Crippen LogP contribution in [-0.4, -0.2) is 0 Å². The second-order valence-corrected chi connectivity index (χ2v) is 4.12. The molecule has 0 amide bonds. The Morgan fingerprint density at radius 2 is 2.10 bits per heavy atom. The standard InChI is InChI=1S/C8H13NS/c1-5-4-8(6(2)9)7(3)10-5/h4,6H,9H2,1-3H3/t6-/m1/s1. The Kier molecular flexibility index (Phi) is 2.11. The zero-order valence-electron chi connectivity index (χ0n) is 6.64. The quantitative estimate of drug-likeness (QED) is 0.662. The van der Waals surface area contributed by atoms with Crippen LogP contribution in [0.1, 0.15) is 28.3 Å². The lowest BCUT2D eigenvalue weighted by Crippen LogP contribution is -2.04. The highest BCUT2D eigenvalue weighted by molar-refractivity contribution is 7.12. The first-order valence-electron chi connectivity index (χ1n) is 3.43. The van der Waals surface area contributed by atoms with Crippen LogP contribution < -0.4 is 5.73 Å². The summed E-state index contributed by atoms with van der Waals surface area (Å²) in [7, 11) is 0. The van der Waals surface area contributed by atoms with E-state index in [2.05, 4.69) is 19.9 Å². The van der Waals surface area contributed by atoms with Crippen LogP contribution in [0.5, 0.6) is 0 Å². The van der Waals surface area contributed by atoms with Gasteiger partial charge < -0.3 is 5.73 Å². The van der Waals surface area contributed by atoms with E-state index in [1.54, 1.807) is 0 Å². The van der Waals surface area contributed by atoms with Crippen LogP contribution in [0, 0.1) is 13.8 Å². The maximum atomic E-state index is 5.73. The van der Waals surface area contributed by atoms with Gasteiger partial charge in [-0.1, -0.05) is 0 Å². The number of rotatable bonds is 1. The van der Waals surface area contributed by atoms with Crippen LogP contribution in [0.4, 0.5) is 0 Å². The minimum Gasteiger partial charge on any atom is -0.324 e. The van der Waals surface area contributed by atoms with Crippen molar-refractivity contribution >= 4 is 11.3 Å². The zero-order chi connectivity index (χ0) is 7.72. The first-order valence-corrected chi connectivity index (χ1v) is 4.25. The summed E-state index contributed by atoms with van der Waals surface area (Å²) in [5.41, 5.74) is 7.03. The molecule has 1 aromatic heterocycles. The lowest BCUT2D eigenvalue weighted by Gasteiger charge is -2.01. The minimum atomic E-state index is 0.185. The van der Waals surface area contributed by atoms with E-state index in [-0.39, 0.29) is 6.04 Å². The Morgan fingerprint density at radius 3 is 2.30 bits per heavy atom. The largest absolute Gasteiger partial charge is 0.324 e. The Balaban J connectivity index is 3.03. The first kappa shape index (κ1) is 7.76. The summed E-state index contributed by atoms with van der Waals surface area (Å²) >= 11 is 1.82. The van der Waals surface area contributed by atoms with Gasteiger partial charge in [0.25, 0.3) is 0 Å². The van der Waals surface area contributed by atoms with Crippen molar-refractivity contribution in [3.63, 3.8) is 0 Å². The van der Waals surface area contributed by atoms with E-state index in [1.165, 1.54) is 15.3 Å². The fourth-order valence-corrected chi connectivity index (χ4v) is 2.13. The van der Waals surface area contributed by atoms with Gasteiger partial charge in [-0.25, -0.2) is 0 Å². The molecule has 1 heterocycles. The Morgan fingerprint density at radius 1 is 1.50 bits per heavy atom. The molecule has 0 unspecified atom stereocenters. The van der Waals surface area contributed by atoms with Gasteiger partial charge in [0, 0.05) is 15.8 Å². The van der Waals surface area contributed by atoms with Crippen LogP contribution in [0.25, 0.3) is 0 Å². The molecule has 0 saturated heterocycles. The van der Waals surface area contributed by atoms with Gasteiger partial charge in [-0.15, -0.1) is 11.3 Å². The lowest BCUT2D eigenvalue weighted by molar-refractivity contribution is 0.816. The van der Waals surface area contributed by atoms with E-state index in [4.69, 9.17) is 5.73 Å². The van der Waals surface area contributed by atoms with Gasteiger partial charge in [-0.05, 0) is 32.4 Å². The average molecular weight is 155 g/mol. The molecule has 1 rings (SSSR count). The number of nitrogens with two attached hydrogens (primary N) is 1. The van der Waals surface area contributed by atoms with Crippen LogP contribution >= 0.6 is 11.3 Å². The van der Waals surface area contributed by atoms with Crippen molar-refractivity contribution in [3.8, 4) is 0 Å². The van der Waals surface area contributed by atoms with Gasteiger partial charge in [0.05, 0.1) is 0 Å². The summed E-state index contributed by atoms with van der Waals surface area (Å²) in [6.07, 6.45) is 0. The van der Waals surface area contributed by atoms with Crippen molar-refractivity contribution in [1.82, 2.24) is 0 Å². The van der Waals surface area contributed by atoms with Crippen molar-refractivity contribution in [3.05, 3.63) is 21.4 Å². The van der Waals surface area contributed by atoms with Gasteiger partial charge in [0.2, 0.25) is 0 Å². The Hall–Kier alpha value is -0.340. The number of thiophene rings is 1. The summed E-state index contributed by atoms with van der Waals surface area (Å²) in [4.78, 5) is 2.71. The monoisotopic (exact) mass is 155 g/mol. The van der Waals surface area contributed by atoms with Crippen molar-refractivity contribution in [1.29, 1.82) is 0 Å². The van der Waals surface area contributed by atoms with Crippen molar-refractivity contribution < 1.29 is 0 Å². The molecule has 1 aromatic rings. The third kappa shape index (κ3) is 1.39. The Bertz CT molecular complexity index is 225. The van der Waals surface area contributed by atoms with Gasteiger partial charge in [-0.2, -0.15) is 0 Å². The predicted octanol–water partition coefficient (Wildman–Crippen LogP) is 2.38. The summed E-state index contributed by atoms with van der Waals surface area (Å²) in [5, 5.41) is 0. The molecular formula is C8H13NS. The fraction of sp³-hybridized carbons (Fsp3) is 0.500. The molecule has 2 heteroatoms. The highest BCUT2D eigenvalue weighted by atomic mass is 32.1. The molecule has 0 spiro atoms. The maximum absolute atomic E-state index is 5.73. The lowest BCUT2D eigenvalue weighted by atomic mass is 10.1. The van der Waals surface area contributed by atoms with Crippen LogP contribution in [0.15, 0.2) is 6.07 Å². The fourth-order valence-electron chi connectivity index (χ4n) is 1.10. The average Bonchev–Trinajstić information content (AvgIpc) is 2.10. The van der Waals surface area contributed by atoms with E-state index in [1.807, 2.05) is 18.3 Å². The zero-order valence-corrected chi connectivity index (χ0v) is 7.46. The van der Waals surface area contributed by atoms with E-state index in [9.17, 15) is 0 Å². The molecule has 0 aliphatic heterocycles. The van der Waals surface area contributed by atoms with Gasteiger partial charge in [0.15, 0.2) is 0 Å². The van der Waals surface area contributed by atoms with E-state index in [0.717, 1.165) is 0 Å². The third-order valence-corrected chi connectivity index (χ3v) is 2.55. The normalized spacial score (nSPS) is 13.6. The maximum Gasteiger partial charge on any atom is 0.0277 e. The van der Waals surface area contributed by atoms with Crippen LogP contribution in [0.3, 0.4) is 0 Å². The van der Waals surface area contributed by atoms with E-state index < -0.39 is 0 Å². The van der Waals surface area contributed by atoms with E-state index in [0.29, 0.717) is 0 Å². The Labute approximate surface area is 65.9 Å². The molecule has 1 atom stereocenters. The van der Waals surface area contributed by atoms with E-state index >= 15 is 0 Å². The van der Waals surface area contributed by atoms with Crippen molar-refractivity contribution in [2.24, 2.45) is 5.73 Å². The summed E-state index contributed by atoms with van der Waals surface area (Å²) < 4.78 is 0. The van der Waals surface area contributed by atoms with Crippen LogP contribution in [0.2, 0.25) is 0 Å². The second kappa shape index (κ2) is 2.72. The van der Waals surface area contributed by atoms with Crippen molar-refractivity contribution in [2.75, 3.05) is 0 Å². The molecule has 2 N–H and O–H groups in total. The summed E-state index contributed by atoms with van der Waals surface area (Å²) in [6, 6.07) is 2.36. The predicted molar refractivity (Wildman–Crippen MR) is 46.4 cm³/mol. The molecule has 0 aliphatic carbocycles. The SMILES string of the molecule is Cc1cc([C@@H](C)N)c(C)s1. The molecule has 0 saturated carbocycles. The molecule has 0 fully saturated rings. The first-order chi connectivity index (χ1) is 4.61. The molecular weight excluding hydrogens is 142 g/mol. The number of hydrogen-bond donors (Lipinski definition) is 1.